The average Bonchev–Trinajstić information content (AvgIpc) is 2.75. The summed E-state index contributed by atoms with van der Waals surface area (Å²) in [6, 6.07) is 3.82. The average molecular weight is 554 g/mol. The maximum absolute atomic E-state index is 6.31. The number of rotatable bonds is 9. The molecular weight excluding hydrogens is 521 g/mol. The highest BCUT2D eigenvalue weighted by Crippen LogP contribution is 2.38. The van der Waals surface area contributed by atoms with Gasteiger partial charge in [0, 0.05) is 39.5 Å². The van der Waals surface area contributed by atoms with E-state index in [1.165, 1.54) is 0 Å². The molecule has 2 aliphatic heterocycles. The SMILES string of the molecule is CCNC(=NCc1cc(Cl)c2c(c1)OCCO2)NCCCOCC1CCOCC1.I. The minimum Gasteiger partial charge on any atom is -0.486 e. The van der Waals surface area contributed by atoms with E-state index in [0.717, 1.165) is 70.3 Å². The predicted molar refractivity (Wildman–Crippen MR) is 130 cm³/mol. The summed E-state index contributed by atoms with van der Waals surface area (Å²) in [5.41, 5.74) is 0.983. The van der Waals surface area contributed by atoms with Gasteiger partial charge >= 0.3 is 0 Å². The van der Waals surface area contributed by atoms with E-state index < -0.39 is 0 Å². The molecule has 0 bridgehead atoms. The molecule has 1 aromatic carbocycles. The molecule has 7 nitrogen and oxygen atoms in total. The van der Waals surface area contributed by atoms with Crippen LogP contribution >= 0.6 is 35.6 Å². The molecule has 2 aliphatic rings. The number of hydrogen-bond donors (Lipinski definition) is 2. The normalized spacial score (nSPS) is 16.7. The number of nitrogens with one attached hydrogen (secondary N) is 2. The summed E-state index contributed by atoms with van der Waals surface area (Å²) in [6.07, 6.45) is 3.15. The van der Waals surface area contributed by atoms with E-state index in [9.17, 15) is 0 Å². The first-order valence-electron chi connectivity index (χ1n) is 10.5. The Morgan fingerprint density at radius 2 is 1.97 bits per heavy atom. The first kappa shape index (κ1) is 25.3. The lowest BCUT2D eigenvalue weighted by Crippen LogP contribution is -2.38. The molecule has 2 heterocycles. The second-order valence-corrected chi connectivity index (χ2v) is 7.62. The number of halogens is 2. The molecule has 1 saturated heterocycles. The van der Waals surface area contributed by atoms with Gasteiger partial charge in [0.15, 0.2) is 17.5 Å². The summed E-state index contributed by atoms with van der Waals surface area (Å²) in [5, 5.41) is 7.19. The van der Waals surface area contributed by atoms with Crippen molar-refractivity contribution >= 4 is 41.5 Å². The fourth-order valence-electron chi connectivity index (χ4n) is 3.31. The lowest BCUT2D eigenvalue weighted by molar-refractivity contribution is 0.0203. The van der Waals surface area contributed by atoms with Crippen LogP contribution in [0.1, 0.15) is 31.7 Å². The highest BCUT2D eigenvalue weighted by molar-refractivity contribution is 14.0. The van der Waals surface area contributed by atoms with Crippen LogP contribution in [0.5, 0.6) is 11.5 Å². The van der Waals surface area contributed by atoms with Crippen LogP contribution in [-0.4, -0.2) is 58.7 Å². The van der Waals surface area contributed by atoms with Gasteiger partial charge in [0.1, 0.15) is 13.2 Å². The molecular formula is C21H33ClIN3O4. The first-order valence-corrected chi connectivity index (χ1v) is 10.9. The highest BCUT2D eigenvalue weighted by atomic mass is 127. The number of nitrogens with zero attached hydrogens (tertiary/aromatic N) is 1. The molecule has 0 unspecified atom stereocenters. The predicted octanol–water partition coefficient (Wildman–Crippen LogP) is 3.62. The molecule has 1 aromatic rings. The topological polar surface area (TPSA) is 73.3 Å². The van der Waals surface area contributed by atoms with E-state index in [1.54, 1.807) is 0 Å². The molecule has 30 heavy (non-hydrogen) atoms. The summed E-state index contributed by atoms with van der Waals surface area (Å²) in [7, 11) is 0. The maximum atomic E-state index is 6.31. The maximum Gasteiger partial charge on any atom is 0.191 e. The van der Waals surface area contributed by atoms with Crippen LogP contribution < -0.4 is 20.1 Å². The molecule has 9 heteroatoms. The Morgan fingerprint density at radius 1 is 1.17 bits per heavy atom. The van der Waals surface area contributed by atoms with Crippen LogP contribution in [0.3, 0.4) is 0 Å². The van der Waals surface area contributed by atoms with E-state index in [4.69, 9.17) is 30.5 Å². The zero-order chi connectivity index (χ0) is 20.3. The Bertz CT molecular complexity index is 672. The third-order valence-electron chi connectivity index (χ3n) is 4.87. The van der Waals surface area contributed by atoms with Crippen molar-refractivity contribution in [2.24, 2.45) is 10.9 Å². The lowest BCUT2D eigenvalue weighted by atomic mass is 10.0. The van der Waals surface area contributed by atoms with Crippen molar-refractivity contribution in [3.8, 4) is 11.5 Å². The van der Waals surface area contributed by atoms with Gasteiger partial charge in [-0.15, -0.1) is 24.0 Å². The van der Waals surface area contributed by atoms with E-state index in [2.05, 4.69) is 22.5 Å². The summed E-state index contributed by atoms with van der Waals surface area (Å²) < 4.78 is 22.4. The molecule has 0 aromatic heterocycles. The van der Waals surface area contributed by atoms with Crippen LogP contribution in [0.4, 0.5) is 0 Å². The zero-order valence-electron chi connectivity index (χ0n) is 17.6. The van der Waals surface area contributed by atoms with Crippen molar-refractivity contribution in [1.29, 1.82) is 0 Å². The van der Waals surface area contributed by atoms with Crippen molar-refractivity contribution in [1.82, 2.24) is 10.6 Å². The number of fused-ring (bicyclic) bond motifs is 1. The van der Waals surface area contributed by atoms with Crippen LogP contribution in [0.15, 0.2) is 17.1 Å². The Balaban J connectivity index is 0.00000320. The lowest BCUT2D eigenvalue weighted by Gasteiger charge is -2.21. The van der Waals surface area contributed by atoms with Crippen molar-refractivity contribution in [2.45, 2.75) is 32.7 Å². The van der Waals surface area contributed by atoms with Gasteiger partial charge in [-0.3, -0.25) is 0 Å². The number of hydrogen-bond acceptors (Lipinski definition) is 5. The highest BCUT2D eigenvalue weighted by Gasteiger charge is 2.16. The molecule has 1 fully saturated rings. The summed E-state index contributed by atoms with van der Waals surface area (Å²) in [5.74, 6) is 2.74. The molecule has 0 aliphatic carbocycles. The minimum atomic E-state index is 0. The monoisotopic (exact) mass is 553 g/mol. The van der Waals surface area contributed by atoms with Crippen molar-refractivity contribution in [2.75, 3.05) is 52.7 Å². The van der Waals surface area contributed by atoms with Crippen molar-refractivity contribution in [3.63, 3.8) is 0 Å². The van der Waals surface area contributed by atoms with Crippen molar-refractivity contribution in [3.05, 3.63) is 22.7 Å². The van der Waals surface area contributed by atoms with E-state index in [-0.39, 0.29) is 24.0 Å². The first-order chi connectivity index (χ1) is 14.3. The van der Waals surface area contributed by atoms with Crippen LogP contribution in [0, 0.1) is 5.92 Å². The molecule has 0 saturated carbocycles. The van der Waals surface area contributed by atoms with Crippen LogP contribution in [0.2, 0.25) is 5.02 Å². The summed E-state index contributed by atoms with van der Waals surface area (Å²) in [4.78, 5) is 4.65. The molecule has 0 radical (unpaired) electrons. The smallest absolute Gasteiger partial charge is 0.191 e. The summed E-state index contributed by atoms with van der Waals surface area (Å²) in [6.45, 7) is 8.55. The van der Waals surface area contributed by atoms with E-state index in [1.807, 2.05) is 12.1 Å². The molecule has 170 valence electrons. The fourth-order valence-corrected chi connectivity index (χ4v) is 3.60. The number of ether oxygens (including phenoxy) is 4. The van der Waals surface area contributed by atoms with Crippen molar-refractivity contribution < 1.29 is 18.9 Å². The number of aliphatic imine (C=N–C) groups is 1. The van der Waals surface area contributed by atoms with Crippen LogP contribution in [0.25, 0.3) is 0 Å². The van der Waals surface area contributed by atoms with Gasteiger partial charge in [-0.2, -0.15) is 0 Å². The van der Waals surface area contributed by atoms with Gasteiger partial charge in [0.25, 0.3) is 0 Å². The molecule has 3 rings (SSSR count). The molecule has 0 atom stereocenters. The van der Waals surface area contributed by atoms with E-state index in [0.29, 0.717) is 42.2 Å². The zero-order valence-corrected chi connectivity index (χ0v) is 20.7. The number of guanidine groups is 1. The Kier molecular flexibility index (Phi) is 11.9. The third-order valence-corrected chi connectivity index (χ3v) is 5.15. The Hall–Kier alpha value is -0.970. The standard InChI is InChI=1S/C21H32ClN3O4.HI/c1-2-23-21(24-6-3-7-27-15-16-4-8-26-9-5-16)25-14-17-12-18(22)20-19(13-17)28-10-11-29-20;/h12-13,16H,2-11,14-15H2,1H3,(H2,23,24,25);1H. The van der Waals surface area contributed by atoms with Gasteiger partial charge in [-0.05, 0) is 49.8 Å². The largest absolute Gasteiger partial charge is 0.486 e. The molecule has 0 amide bonds. The van der Waals surface area contributed by atoms with Gasteiger partial charge in [-0.25, -0.2) is 4.99 Å². The number of benzene rings is 1. The van der Waals surface area contributed by atoms with Gasteiger partial charge in [0.2, 0.25) is 0 Å². The molecule has 2 N–H and O–H groups in total. The third kappa shape index (κ3) is 8.28. The quantitative estimate of drug-likeness (QED) is 0.211. The second kappa shape index (κ2) is 14.2. The Morgan fingerprint density at radius 3 is 2.77 bits per heavy atom. The molecule has 0 spiro atoms. The van der Waals surface area contributed by atoms with Gasteiger partial charge in [0.05, 0.1) is 11.6 Å². The van der Waals surface area contributed by atoms with Gasteiger partial charge in [-0.1, -0.05) is 11.6 Å². The minimum absolute atomic E-state index is 0. The van der Waals surface area contributed by atoms with Gasteiger partial charge < -0.3 is 29.6 Å². The van der Waals surface area contributed by atoms with E-state index >= 15 is 0 Å². The second-order valence-electron chi connectivity index (χ2n) is 7.21. The Labute approximate surface area is 201 Å². The fraction of sp³-hybridized carbons (Fsp3) is 0.667. The summed E-state index contributed by atoms with van der Waals surface area (Å²) >= 11 is 6.31. The van der Waals surface area contributed by atoms with Crippen LogP contribution in [-0.2, 0) is 16.0 Å².